The number of hydrogen-bond donors (Lipinski definition) is 1. The number of benzene rings is 2. The van der Waals surface area contributed by atoms with Crippen molar-refractivity contribution < 1.29 is 14.3 Å². The third kappa shape index (κ3) is 3.43. The summed E-state index contributed by atoms with van der Waals surface area (Å²) in [6.45, 7) is 0.506. The van der Waals surface area contributed by atoms with Crippen molar-refractivity contribution in [2.75, 3.05) is 7.11 Å². The van der Waals surface area contributed by atoms with Crippen LogP contribution in [0.3, 0.4) is 0 Å². The Bertz CT molecular complexity index is 834. The molecule has 0 saturated carbocycles. The summed E-state index contributed by atoms with van der Waals surface area (Å²) in [6.07, 6.45) is 4.98. The van der Waals surface area contributed by atoms with Gasteiger partial charge in [-0.25, -0.2) is 4.79 Å². The van der Waals surface area contributed by atoms with Gasteiger partial charge in [0.15, 0.2) is 0 Å². The number of rotatable bonds is 5. The fourth-order valence-corrected chi connectivity index (χ4v) is 2.37. The van der Waals surface area contributed by atoms with E-state index in [0.717, 1.165) is 27.8 Å². The SMILES string of the molecule is COC(=O)C=Cc1c[nH]c2c(OCc3ccccc3)cccc12. The first-order valence-corrected chi connectivity index (χ1v) is 7.31. The van der Waals surface area contributed by atoms with Gasteiger partial charge in [0.2, 0.25) is 0 Å². The van der Waals surface area contributed by atoms with E-state index in [2.05, 4.69) is 9.72 Å². The number of hydrogen-bond acceptors (Lipinski definition) is 3. The zero-order valence-electron chi connectivity index (χ0n) is 12.8. The van der Waals surface area contributed by atoms with E-state index >= 15 is 0 Å². The second-order valence-electron chi connectivity index (χ2n) is 5.05. The Morgan fingerprint density at radius 3 is 2.74 bits per heavy atom. The van der Waals surface area contributed by atoms with Crippen LogP contribution in [0.1, 0.15) is 11.1 Å². The van der Waals surface area contributed by atoms with Crippen LogP contribution in [-0.4, -0.2) is 18.1 Å². The molecule has 0 unspecified atom stereocenters. The number of methoxy groups -OCH3 is 1. The molecule has 0 aliphatic rings. The molecule has 4 nitrogen and oxygen atoms in total. The molecule has 0 spiro atoms. The van der Waals surface area contributed by atoms with Gasteiger partial charge < -0.3 is 14.5 Å². The predicted molar refractivity (Wildman–Crippen MR) is 90.1 cm³/mol. The van der Waals surface area contributed by atoms with Crippen molar-refractivity contribution >= 4 is 22.9 Å². The minimum absolute atomic E-state index is 0.379. The Hall–Kier alpha value is -3.01. The molecule has 3 rings (SSSR count). The molecule has 0 fully saturated rings. The Morgan fingerprint density at radius 2 is 1.96 bits per heavy atom. The number of aromatic amines is 1. The predicted octanol–water partition coefficient (Wildman–Crippen LogP) is 3.93. The van der Waals surface area contributed by atoms with E-state index < -0.39 is 0 Å². The number of carbonyl (C=O) groups is 1. The summed E-state index contributed by atoms with van der Waals surface area (Å²) in [5.41, 5.74) is 2.94. The molecule has 0 bridgehead atoms. The van der Waals surface area contributed by atoms with Crippen molar-refractivity contribution in [3.05, 3.63) is 71.9 Å². The van der Waals surface area contributed by atoms with Crippen LogP contribution < -0.4 is 4.74 Å². The molecule has 0 saturated heterocycles. The molecule has 1 aromatic heterocycles. The third-order valence-electron chi connectivity index (χ3n) is 3.55. The van der Waals surface area contributed by atoms with Crippen molar-refractivity contribution in [3.63, 3.8) is 0 Å². The lowest BCUT2D eigenvalue weighted by Gasteiger charge is -2.07. The van der Waals surface area contributed by atoms with Gasteiger partial charge in [0.1, 0.15) is 12.4 Å². The van der Waals surface area contributed by atoms with Crippen LogP contribution in [0.25, 0.3) is 17.0 Å². The van der Waals surface area contributed by atoms with E-state index in [-0.39, 0.29) is 5.97 Å². The molecule has 0 atom stereocenters. The van der Waals surface area contributed by atoms with E-state index in [0.29, 0.717) is 6.61 Å². The Balaban J connectivity index is 1.84. The van der Waals surface area contributed by atoms with Gasteiger partial charge in [-0.05, 0) is 17.7 Å². The van der Waals surface area contributed by atoms with Crippen LogP contribution in [0.5, 0.6) is 5.75 Å². The molecular formula is C19H17NO3. The molecule has 4 heteroatoms. The number of aromatic nitrogens is 1. The lowest BCUT2D eigenvalue weighted by Crippen LogP contribution is -1.95. The summed E-state index contributed by atoms with van der Waals surface area (Å²) in [6, 6.07) is 15.9. The summed E-state index contributed by atoms with van der Waals surface area (Å²) >= 11 is 0. The Morgan fingerprint density at radius 1 is 1.13 bits per heavy atom. The lowest BCUT2D eigenvalue weighted by atomic mass is 10.1. The maximum Gasteiger partial charge on any atom is 0.330 e. The van der Waals surface area contributed by atoms with E-state index in [1.54, 1.807) is 6.08 Å². The van der Waals surface area contributed by atoms with Crippen LogP contribution >= 0.6 is 0 Å². The van der Waals surface area contributed by atoms with Crippen molar-refractivity contribution in [1.82, 2.24) is 4.98 Å². The molecule has 116 valence electrons. The lowest BCUT2D eigenvalue weighted by molar-refractivity contribution is -0.134. The van der Waals surface area contributed by atoms with Gasteiger partial charge in [-0.15, -0.1) is 0 Å². The molecule has 2 aromatic carbocycles. The summed E-state index contributed by atoms with van der Waals surface area (Å²) in [7, 11) is 1.36. The summed E-state index contributed by atoms with van der Waals surface area (Å²) < 4.78 is 10.5. The largest absolute Gasteiger partial charge is 0.487 e. The first-order chi connectivity index (χ1) is 11.3. The summed E-state index contributed by atoms with van der Waals surface area (Å²) in [5, 5.41) is 0.996. The van der Waals surface area contributed by atoms with Gasteiger partial charge >= 0.3 is 5.97 Å². The molecule has 0 radical (unpaired) electrons. The van der Waals surface area contributed by atoms with Crippen molar-refractivity contribution in [3.8, 4) is 5.75 Å². The molecule has 0 aliphatic carbocycles. The van der Waals surface area contributed by atoms with Gasteiger partial charge in [0.05, 0.1) is 12.6 Å². The average Bonchev–Trinajstić information content (AvgIpc) is 3.02. The molecule has 1 heterocycles. The van der Waals surface area contributed by atoms with Crippen LogP contribution in [0.4, 0.5) is 0 Å². The van der Waals surface area contributed by atoms with Crippen molar-refractivity contribution in [2.45, 2.75) is 6.61 Å². The quantitative estimate of drug-likeness (QED) is 0.574. The second kappa shape index (κ2) is 6.83. The highest BCUT2D eigenvalue weighted by atomic mass is 16.5. The van der Waals surface area contributed by atoms with Crippen LogP contribution in [-0.2, 0) is 16.1 Å². The minimum Gasteiger partial charge on any atom is -0.487 e. The van der Waals surface area contributed by atoms with Crippen LogP contribution in [0, 0.1) is 0 Å². The van der Waals surface area contributed by atoms with Crippen LogP contribution in [0.2, 0.25) is 0 Å². The highest BCUT2D eigenvalue weighted by Crippen LogP contribution is 2.28. The minimum atomic E-state index is -0.379. The molecule has 3 aromatic rings. The maximum absolute atomic E-state index is 11.2. The molecule has 1 N–H and O–H groups in total. The molecule has 0 amide bonds. The zero-order valence-corrected chi connectivity index (χ0v) is 12.8. The maximum atomic E-state index is 11.2. The van der Waals surface area contributed by atoms with Gasteiger partial charge in [0, 0.05) is 23.2 Å². The number of H-pyrrole nitrogens is 1. The number of para-hydroxylation sites is 1. The number of carbonyl (C=O) groups excluding carboxylic acids is 1. The Kier molecular flexibility index (Phi) is 4.43. The first-order valence-electron chi connectivity index (χ1n) is 7.31. The van der Waals surface area contributed by atoms with Gasteiger partial charge in [-0.2, -0.15) is 0 Å². The smallest absolute Gasteiger partial charge is 0.330 e. The van der Waals surface area contributed by atoms with Crippen molar-refractivity contribution in [2.24, 2.45) is 0 Å². The average molecular weight is 307 g/mol. The van der Waals surface area contributed by atoms with Gasteiger partial charge in [0.25, 0.3) is 0 Å². The third-order valence-corrected chi connectivity index (χ3v) is 3.55. The van der Waals surface area contributed by atoms with E-state index in [1.807, 2.05) is 54.7 Å². The summed E-state index contributed by atoms with van der Waals surface area (Å²) in [4.78, 5) is 14.4. The number of nitrogens with one attached hydrogen (secondary N) is 1. The summed E-state index contributed by atoms with van der Waals surface area (Å²) in [5.74, 6) is 0.403. The normalized spacial score (nSPS) is 11.0. The fourth-order valence-electron chi connectivity index (χ4n) is 2.37. The van der Waals surface area contributed by atoms with E-state index in [9.17, 15) is 4.79 Å². The molecule has 23 heavy (non-hydrogen) atoms. The van der Waals surface area contributed by atoms with Crippen LogP contribution in [0.15, 0.2) is 60.8 Å². The highest BCUT2D eigenvalue weighted by molar-refractivity contribution is 5.96. The number of ether oxygens (including phenoxy) is 2. The topological polar surface area (TPSA) is 51.3 Å². The second-order valence-corrected chi connectivity index (χ2v) is 5.05. The number of fused-ring (bicyclic) bond motifs is 1. The van der Waals surface area contributed by atoms with E-state index in [4.69, 9.17) is 4.74 Å². The van der Waals surface area contributed by atoms with Crippen molar-refractivity contribution in [1.29, 1.82) is 0 Å². The first kappa shape index (κ1) is 14.9. The molecule has 0 aliphatic heterocycles. The number of esters is 1. The highest BCUT2D eigenvalue weighted by Gasteiger charge is 2.07. The molecular weight excluding hydrogens is 290 g/mol. The standard InChI is InChI=1S/C19H17NO3/c1-22-18(21)11-10-15-12-20-19-16(15)8-5-9-17(19)23-13-14-6-3-2-4-7-14/h2-12,20H,13H2,1H3. The van der Waals surface area contributed by atoms with E-state index in [1.165, 1.54) is 13.2 Å². The van der Waals surface area contributed by atoms with Gasteiger partial charge in [-0.3, -0.25) is 0 Å². The van der Waals surface area contributed by atoms with Gasteiger partial charge in [-0.1, -0.05) is 42.5 Å². The fraction of sp³-hybridized carbons (Fsp3) is 0.105. The Labute approximate surface area is 134 Å². The zero-order chi connectivity index (χ0) is 16.1. The monoisotopic (exact) mass is 307 g/mol.